The van der Waals surface area contributed by atoms with Crippen molar-refractivity contribution >= 4 is 15.7 Å². The van der Waals surface area contributed by atoms with E-state index in [1.165, 1.54) is 18.2 Å². The van der Waals surface area contributed by atoms with E-state index in [0.717, 1.165) is 0 Å². The largest absolute Gasteiger partial charge is 0.327 e. The van der Waals surface area contributed by atoms with Crippen LogP contribution in [0.2, 0.25) is 0 Å². The van der Waals surface area contributed by atoms with Gasteiger partial charge in [0.25, 0.3) is 5.69 Å². The fraction of sp³-hybridized carbons (Fsp3) is 0.273. The Labute approximate surface area is 111 Å². The van der Waals surface area contributed by atoms with Crippen LogP contribution in [0.4, 0.5) is 5.69 Å². The monoisotopic (exact) mass is 285 g/mol. The Morgan fingerprint density at radius 1 is 1.32 bits per heavy atom. The van der Waals surface area contributed by atoms with Crippen molar-refractivity contribution in [1.29, 1.82) is 0 Å². The van der Waals surface area contributed by atoms with E-state index >= 15 is 0 Å². The Hall–Kier alpha value is -1.77. The van der Waals surface area contributed by atoms with Gasteiger partial charge in [-0.1, -0.05) is 30.4 Å². The fourth-order valence-corrected chi connectivity index (χ4v) is 2.53. The van der Waals surface area contributed by atoms with Crippen LogP contribution in [0.5, 0.6) is 0 Å². The van der Waals surface area contributed by atoms with Crippen molar-refractivity contribution in [3.63, 3.8) is 0 Å². The second-order valence-electron chi connectivity index (χ2n) is 3.70. The summed E-state index contributed by atoms with van der Waals surface area (Å²) in [7, 11) is -3.62. The Kier molecular flexibility index (Phi) is 5.61. The van der Waals surface area contributed by atoms with Gasteiger partial charge in [0.1, 0.15) is 0 Å². The molecule has 0 aliphatic rings. The maximum atomic E-state index is 11.7. The van der Waals surface area contributed by atoms with Crippen molar-refractivity contribution in [3.05, 3.63) is 52.1 Å². The van der Waals surface area contributed by atoms with Crippen LogP contribution in [0.1, 0.15) is 5.56 Å². The summed E-state index contributed by atoms with van der Waals surface area (Å²) in [4.78, 5) is 10.2. The van der Waals surface area contributed by atoms with Gasteiger partial charge in [-0.2, -0.15) is 0 Å². The van der Waals surface area contributed by atoms with E-state index in [9.17, 15) is 18.5 Å². The highest BCUT2D eigenvalue weighted by Gasteiger charge is 2.18. The number of hydrogen-bond donors (Lipinski definition) is 2. The van der Waals surface area contributed by atoms with Crippen molar-refractivity contribution in [2.75, 3.05) is 13.1 Å². The van der Waals surface area contributed by atoms with E-state index < -0.39 is 20.7 Å². The molecule has 0 fully saturated rings. The zero-order valence-electron chi connectivity index (χ0n) is 10.2. The standard InChI is InChI=1S/C11H15N3O4S/c12-7-3-4-8-13-19(17,18)9-10-5-1-2-6-11(10)14(15)16/h1-6,13H,7-9,12H2/b4-3+. The second kappa shape index (κ2) is 6.98. The first-order chi connectivity index (χ1) is 8.96. The highest BCUT2D eigenvalue weighted by atomic mass is 32.2. The van der Waals surface area contributed by atoms with E-state index in [2.05, 4.69) is 4.72 Å². The molecular formula is C11H15N3O4S. The van der Waals surface area contributed by atoms with Gasteiger partial charge in [0.15, 0.2) is 0 Å². The van der Waals surface area contributed by atoms with Crippen molar-refractivity contribution in [1.82, 2.24) is 4.72 Å². The normalized spacial score (nSPS) is 11.8. The number of rotatable bonds is 7. The third-order valence-electron chi connectivity index (χ3n) is 2.26. The van der Waals surface area contributed by atoms with Crippen LogP contribution in [0.3, 0.4) is 0 Å². The van der Waals surface area contributed by atoms with Crippen LogP contribution in [0, 0.1) is 10.1 Å². The van der Waals surface area contributed by atoms with Gasteiger partial charge in [0.2, 0.25) is 10.0 Å². The van der Waals surface area contributed by atoms with Crippen molar-refractivity contribution in [2.24, 2.45) is 5.73 Å². The molecule has 0 aromatic heterocycles. The topological polar surface area (TPSA) is 115 Å². The number of nitro benzene ring substituents is 1. The van der Waals surface area contributed by atoms with Gasteiger partial charge in [-0.15, -0.1) is 0 Å². The number of hydrogen-bond acceptors (Lipinski definition) is 5. The third-order valence-corrected chi connectivity index (χ3v) is 3.56. The van der Waals surface area contributed by atoms with Crippen LogP contribution in [0.25, 0.3) is 0 Å². The SMILES string of the molecule is NC/C=C/CNS(=O)(=O)Cc1ccccc1[N+](=O)[O-]. The minimum Gasteiger partial charge on any atom is -0.327 e. The summed E-state index contributed by atoms with van der Waals surface area (Å²) in [6.45, 7) is 0.437. The Morgan fingerprint density at radius 2 is 2.00 bits per heavy atom. The minimum atomic E-state index is -3.62. The number of para-hydroxylation sites is 1. The zero-order chi connectivity index (χ0) is 14.3. The van der Waals surface area contributed by atoms with Gasteiger partial charge in [0, 0.05) is 24.7 Å². The summed E-state index contributed by atoms with van der Waals surface area (Å²) in [5.74, 6) is -0.430. The average Bonchev–Trinajstić information content (AvgIpc) is 2.34. The first-order valence-corrected chi connectivity index (χ1v) is 7.16. The number of sulfonamides is 1. The van der Waals surface area contributed by atoms with E-state index in [-0.39, 0.29) is 17.8 Å². The number of benzene rings is 1. The molecule has 0 spiro atoms. The molecule has 1 aromatic rings. The van der Waals surface area contributed by atoms with Gasteiger partial charge in [-0.25, -0.2) is 13.1 Å². The lowest BCUT2D eigenvalue weighted by Gasteiger charge is -2.05. The molecule has 7 nitrogen and oxygen atoms in total. The van der Waals surface area contributed by atoms with Gasteiger partial charge in [0.05, 0.1) is 10.7 Å². The predicted molar refractivity (Wildman–Crippen MR) is 71.9 cm³/mol. The molecule has 3 N–H and O–H groups in total. The smallest absolute Gasteiger partial charge is 0.273 e. The van der Waals surface area contributed by atoms with Crippen LogP contribution < -0.4 is 10.5 Å². The quantitative estimate of drug-likeness (QED) is 0.430. The lowest BCUT2D eigenvalue weighted by atomic mass is 10.2. The summed E-state index contributed by atoms with van der Waals surface area (Å²) in [6, 6.07) is 5.75. The zero-order valence-corrected chi connectivity index (χ0v) is 11.0. The van der Waals surface area contributed by atoms with Crippen LogP contribution in [-0.4, -0.2) is 26.4 Å². The molecule has 0 saturated carbocycles. The van der Waals surface area contributed by atoms with Gasteiger partial charge >= 0.3 is 0 Å². The molecule has 1 aromatic carbocycles. The van der Waals surface area contributed by atoms with Crippen molar-refractivity contribution in [3.8, 4) is 0 Å². The first-order valence-electron chi connectivity index (χ1n) is 5.51. The molecule has 0 unspecified atom stereocenters. The highest BCUT2D eigenvalue weighted by molar-refractivity contribution is 7.88. The highest BCUT2D eigenvalue weighted by Crippen LogP contribution is 2.19. The molecular weight excluding hydrogens is 270 g/mol. The van der Waals surface area contributed by atoms with Gasteiger partial charge in [-0.05, 0) is 0 Å². The van der Waals surface area contributed by atoms with E-state index in [1.807, 2.05) is 0 Å². The maximum absolute atomic E-state index is 11.7. The number of nitrogens with zero attached hydrogens (tertiary/aromatic N) is 1. The second-order valence-corrected chi connectivity index (χ2v) is 5.51. The molecule has 1 rings (SSSR count). The lowest BCUT2D eigenvalue weighted by molar-refractivity contribution is -0.385. The van der Waals surface area contributed by atoms with Crippen LogP contribution in [-0.2, 0) is 15.8 Å². The lowest BCUT2D eigenvalue weighted by Crippen LogP contribution is -2.25. The number of nitro groups is 1. The van der Waals surface area contributed by atoms with E-state index in [1.54, 1.807) is 18.2 Å². The summed E-state index contributed by atoms with van der Waals surface area (Å²) in [5, 5.41) is 10.8. The van der Waals surface area contributed by atoms with Crippen molar-refractivity contribution < 1.29 is 13.3 Å². The molecule has 0 heterocycles. The molecule has 0 amide bonds. The third kappa shape index (κ3) is 5.16. The number of nitrogens with one attached hydrogen (secondary N) is 1. The molecule has 0 aliphatic carbocycles. The maximum Gasteiger partial charge on any atom is 0.273 e. The summed E-state index contributed by atoms with van der Waals surface area (Å²) in [5.41, 5.74) is 5.17. The molecule has 0 bridgehead atoms. The molecule has 8 heteroatoms. The molecule has 19 heavy (non-hydrogen) atoms. The molecule has 0 radical (unpaired) electrons. The summed E-state index contributed by atoms with van der Waals surface area (Å²) >= 11 is 0. The number of nitrogens with two attached hydrogens (primary N) is 1. The van der Waals surface area contributed by atoms with Gasteiger partial charge < -0.3 is 5.73 Å². The summed E-state index contributed by atoms with van der Waals surface area (Å²) in [6.07, 6.45) is 3.20. The van der Waals surface area contributed by atoms with E-state index in [4.69, 9.17) is 5.73 Å². The molecule has 104 valence electrons. The molecule has 0 atom stereocenters. The molecule has 0 saturated heterocycles. The van der Waals surface area contributed by atoms with E-state index in [0.29, 0.717) is 6.54 Å². The summed E-state index contributed by atoms with van der Waals surface area (Å²) < 4.78 is 25.8. The Bertz CT molecular complexity index is 569. The predicted octanol–water partition coefficient (Wildman–Crippen LogP) is 0.529. The fourth-order valence-electron chi connectivity index (χ4n) is 1.42. The Balaban J connectivity index is 2.78. The van der Waals surface area contributed by atoms with Crippen molar-refractivity contribution in [2.45, 2.75) is 5.75 Å². The minimum absolute atomic E-state index is 0.111. The average molecular weight is 285 g/mol. The molecule has 0 aliphatic heterocycles. The first kappa shape index (κ1) is 15.3. The van der Waals surface area contributed by atoms with Crippen LogP contribution >= 0.6 is 0 Å². The van der Waals surface area contributed by atoms with Crippen LogP contribution in [0.15, 0.2) is 36.4 Å². The van der Waals surface area contributed by atoms with Gasteiger partial charge in [-0.3, -0.25) is 10.1 Å². The Morgan fingerprint density at radius 3 is 2.63 bits per heavy atom.